The lowest BCUT2D eigenvalue weighted by atomic mass is 9.97. The van der Waals surface area contributed by atoms with Gasteiger partial charge >= 0.3 is 0 Å². The average molecular weight is 661 g/mol. The van der Waals surface area contributed by atoms with Crippen LogP contribution in [0.2, 0.25) is 0 Å². The minimum absolute atomic E-state index is 0.818. The van der Waals surface area contributed by atoms with Gasteiger partial charge in [-0.1, -0.05) is 140 Å². The Balaban J connectivity index is 1.31. The van der Waals surface area contributed by atoms with Crippen molar-refractivity contribution in [2.45, 2.75) is 0 Å². The lowest BCUT2D eigenvalue weighted by Crippen LogP contribution is -2.05. The standard InChI is InChI=1S/C48H28N4/c1-2-13-29(14-3-1)31-16-6-7-19-35(31)46-48(50-45-32-17-5-4-15-30(32)27-28-38(45)49-46)52-40-24-11-20-34-37-22-10-21-36-33-18-8-9-23-39(33)51(47(36)37)41-25-12-26-42(52)44(41)43(34)40/h1-28H. The van der Waals surface area contributed by atoms with Crippen LogP contribution in [0.15, 0.2) is 170 Å². The van der Waals surface area contributed by atoms with Crippen LogP contribution in [0.1, 0.15) is 0 Å². The maximum absolute atomic E-state index is 5.68. The van der Waals surface area contributed by atoms with E-state index >= 15 is 0 Å². The molecule has 0 bridgehead atoms. The van der Waals surface area contributed by atoms with E-state index in [9.17, 15) is 0 Å². The van der Waals surface area contributed by atoms with Gasteiger partial charge in [-0.2, -0.15) is 0 Å². The smallest absolute Gasteiger partial charge is 0.165 e. The highest BCUT2D eigenvalue weighted by molar-refractivity contribution is 6.31. The van der Waals surface area contributed by atoms with E-state index in [1.807, 2.05) is 0 Å². The van der Waals surface area contributed by atoms with Gasteiger partial charge in [0.15, 0.2) is 5.82 Å². The minimum atomic E-state index is 0.818. The summed E-state index contributed by atoms with van der Waals surface area (Å²) < 4.78 is 4.86. The van der Waals surface area contributed by atoms with Crippen LogP contribution in [0.3, 0.4) is 0 Å². The first-order chi connectivity index (χ1) is 25.8. The second-order valence-corrected chi connectivity index (χ2v) is 13.7. The summed E-state index contributed by atoms with van der Waals surface area (Å²) in [6, 6.07) is 61.0. The SMILES string of the molecule is c1ccc(-c2ccccc2-c2nc3ccc4ccccc4c3nc2-n2c3cccc4c5cccc6c7ccccc7n(c7cccc2c7c43)c56)cc1. The van der Waals surface area contributed by atoms with Crippen molar-refractivity contribution >= 4 is 81.7 Å². The molecule has 4 aromatic heterocycles. The molecule has 0 fully saturated rings. The molecule has 0 atom stereocenters. The third-order valence-electron chi connectivity index (χ3n) is 11.0. The molecule has 0 spiro atoms. The van der Waals surface area contributed by atoms with Gasteiger partial charge in [-0.05, 0) is 52.2 Å². The van der Waals surface area contributed by atoms with Crippen LogP contribution in [0.25, 0.3) is 110 Å². The molecular weight excluding hydrogens is 633 g/mol. The summed E-state index contributed by atoms with van der Waals surface area (Å²) in [7, 11) is 0. The molecule has 4 heteroatoms. The summed E-state index contributed by atoms with van der Waals surface area (Å²) in [4.78, 5) is 11.2. The molecule has 4 nitrogen and oxygen atoms in total. The van der Waals surface area contributed by atoms with Gasteiger partial charge < -0.3 is 4.40 Å². The van der Waals surface area contributed by atoms with Gasteiger partial charge in [0, 0.05) is 37.9 Å². The van der Waals surface area contributed by atoms with Crippen LogP contribution in [0, 0.1) is 0 Å². The molecule has 0 N–H and O–H groups in total. The zero-order chi connectivity index (χ0) is 33.9. The number of nitrogens with zero attached hydrogens (tertiary/aromatic N) is 4. The Kier molecular flexibility index (Phi) is 5.47. The van der Waals surface area contributed by atoms with Crippen LogP contribution in [0.4, 0.5) is 0 Å². The summed E-state index contributed by atoms with van der Waals surface area (Å²) in [6.45, 7) is 0. The molecule has 52 heavy (non-hydrogen) atoms. The van der Waals surface area contributed by atoms with E-state index in [0.29, 0.717) is 0 Å². The van der Waals surface area contributed by atoms with Crippen molar-refractivity contribution < 1.29 is 0 Å². The first-order valence-electron chi connectivity index (χ1n) is 17.8. The molecule has 0 unspecified atom stereocenters. The van der Waals surface area contributed by atoms with Crippen molar-refractivity contribution in [3.63, 3.8) is 0 Å². The molecule has 0 amide bonds. The highest BCUT2D eigenvalue weighted by Gasteiger charge is 2.25. The summed E-state index contributed by atoms with van der Waals surface area (Å²) >= 11 is 0. The van der Waals surface area contributed by atoms with Gasteiger partial charge in [-0.3, -0.25) is 4.57 Å². The predicted octanol–water partition coefficient (Wildman–Crippen LogP) is 12.4. The maximum atomic E-state index is 5.68. The largest absolute Gasteiger partial charge is 0.308 e. The van der Waals surface area contributed by atoms with E-state index in [4.69, 9.17) is 9.97 Å². The Bertz CT molecular complexity index is 3410. The van der Waals surface area contributed by atoms with Gasteiger partial charge in [0.2, 0.25) is 0 Å². The Labute approximate surface area is 297 Å². The Morgan fingerprint density at radius 3 is 1.88 bits per heavy atom. The van der Waals surface area contributed by atoms with Crippen LogP contribution in [-0.2, 0) is 0 Å². The molecular formula is C48H28N4. The molecule has 0 aliphatic heterocycles. The lowest BCUT2D eigenvalue weighted by molar-refractivity contribution is 1.08. The van der Waals surface area contributed by atoms with E-state index in [1.165, 1.54) is 48.9 Å². The van der Waals surface area contributed by atoms with E-state index in [1.54, 1.807) is 0 Å². The third kappa shape index (κ3) is 3.60. The number of rotatable bonds is 3. The quantitative estimate of drug-likeness (QED) is 0.177. The molecule has 12 aromatic rings. The molecule has 0 radical (unpaired) electrons. The molecule has 0 saturated carbocycles. The normalized spacial score (nSPS) is 12.2. The molecule has 0 aliphatic carbocycles. The van der Waals surface area contributed by atoms with Crippen molar-refractivity contribution in [3.05, 3.63) is 170 Å². The van der Waals surface area contributed by atoms with Gasteiger partial charge in [0.05, 0.1) is 38.6 Å². The number of hydrogen-bond acceptors (Lipinski definition) is 2. The third-order valence-corrected chi connectivity index (χ3v) is 11.0. The first-order valence-corrected chi connectivity index (χ1v) is 17.8. The van der Waals surface area contributed by atoms with E-state index in [0.717, 1.165) is 61.0 Å². The molecule has 12 rings (SSSR count). The number of para-hydroxylation sites is 2. The number of fused-ring (bicyclic) bond motifs is 8. The Morgan fingerprint density at radius 1 is 0.385 bits per heavy atom. The Morgan fingerprint density at radius 2 is 1.00 bits per heavy atom. The van der Waals surface area contributed by atoms with Crippen molar-refractivity contribution in [2.75, 3.05) is 0 Å². The number of aromatic nitrogens is 4. The van der Waals surface area contributed by atoms with Crippen LogP contribution >= 0.6 is 0 Å². The molecule has 240 valence electrons. The van der Waals surface area contributed by atoms with Gasteiger partial charge in [-0.15, -0.1) is 0 Å². The van der Waals surface area contributed by atoms with E-state index in [2.05, 4.69) is 179 Å². The summed E-state index contributed by atoms with van der Waals surface area (Å²) in [5.41, 5.74) is 11.8. The molecule has 8 aromatic carbocycles. The average Bonchev–Trinajstić information content (AvgIpc) is 3.69. The maximum Gasteiger partial charge on any atom is 0.165 e. The summed E-state index contributed by atoms with van der Waals surface area (Å²) in [5, 5.41) is 9.69. The van der Waals surface area contributed by atoms with Crippen molar-refractivity contribution in [3.8, 4) is 28.2 Å². The van der Waals surface area contributed by atoms with Crippen molar-refractivity contribution in [1.82, 2.24) is 18.9 Å². The topological polar surface area (TPSA) is 35.1 Å². The van der Waals surface area contributed by atoms with Crippen molar-refractivity contribution in [2.24, 2.45) is 0 Å². The molecule has 0 saturated heterocycles. The fourth-order valence-electron chi connectivity index (χ4n) is 8.89. The van der Waals surface area contributed by atoms with Gasteiger partial charge in [0.25, 0.3) is 0 Å². The fourth-order valence-corrected chi connectivity index (χ4v) is 8.89. The summed E-state index contributed by atoms with van der Waals surface area (Å²) in [6.07, 6.45) is 0. The number of hydrogen-bond donors (Lipinski definition) is 0. The first kappa shape index (κ1) is 27.7. The fraction of sp³-hybridized carbons (Fsp3) is 0. The number of benzene rings is 8. The lowest BCUT2D eigenvalue weighted by Gasteiger charge is -2.17. The molecule has 4 heterocycles. The second kappa shape index (κ2) is 10.3. The highest BCUT2D eigenvalue weighted by Crippen LogP contribution is 2.45. The van der Waals surface area contributed by atoms with E-state index in [-0.39, 0.29) is 0 Å². The highest BCUT2D eigenvalue weighted by atomic mass is 15.1. The Hall–Kier alpha value is -7.04. The van der Waals surface area contributed by atoms with Gasteiger partial charge in [0.1, 0.15) is 5.69 Å². The zero-order valence-corrected chi connectivity index (χ0v) is 28.0. The van der Waals surface area contributed by atoms with E-state index < -0.39 is 0 Å². The molecule has 0 aliphatic rings. The van der Waals surface area contributed by atoms with Crippen LogP contribution < -0.4 is 0 Å². The van der Waals surface area contributed by atoms with Crippen molar-refractivity contribution in [1.29, 1.82) is 0 Å². The second-order valence-electron chi connectivity index (χ2n) is 13.7. The zero-order valence-electron chi connectivity index (χ0n) is 28.0. The minimum Gasteiger partial charge on any atom is -0.308 e. The predicted molar refractivity (Wildman–Crippen MR) is 217 cm³/mol. The van der Waals surface area contributed by atoms with Crippen LogP contribution in [0.5, 0.6) is 0 Å². The van der Waals surface area contributed by atoms with Crippen LogP contribution in [-0.4, -0.2) is 18.9 Å². The summed E-state index contributed by atoms with van der Waals surface area (Å²) in [5.74, 6) is 0.818. The monoisotopic (exact) mass is 660 g/mol. The van der Waals surface area contributed by atoms with Gasteiger partial charge in [-0.25, -0.2) is 9.97 Å².